The Morgan fingerprint density at radius 3 is 2.26 bits per heavy atom. The highest BCUT2D eigenvalue weighted by Gasteiger charge is 2.12. The number of benzene rings is 2. The van der Waals surface area contributed by atoms with Gasteiger partial charge in [0, 0.05) is 21.2 Å². The summed E-state index contributed by atoms with van der Waals surface area (Å²) >= 11 is 13.2. The van der Waals surface area contributed by atoms with Gasteiger partial charge in [-0.2, -0.15) is 9.61 Å². The predicted molar refractivity (Wildman–Crippen MR) is 108 cm³/mol. The molecule has 5 nitrogen and oxygen atoms in total. The molecule has 2 aromatic carbocycles. The fraction of sp³-hybridized carbons (Fsp3) is 0.0526. The average Bonchev–Trinajstić information content (AvgIpc) is 3.10. The van der Waals surface area contributed by atoms with Crippen LogP contribution in [0.3, 0.4) is 0 Å². The van der Waals surface area contributed by atoms with Crippen molar-refractivity contribution in [3.8, 4) is 11.4 Å². The van der Waals surface area contributed by atoms with E-state index in [9.17, 15) is 4.79 Å². The number of hydrogen-bond donors (Lipinski definition) is 0. The van der Waals surface area contributed by atoms with Crippen LogP contribution in [-0.4, -0.2) is 31.3 Å². The molecule has 27 heavy (non-hydrogen) atoms. The maximum absolute atomic E-state index is 12.3. The molecule has 0 fully saturated rings. The number of thioether (sulfide) groups is 1. The SMILES string of the molecule is O=C(CSc1ccc2nnc(-c3ccc(Cl)cc3)n2n1)c1ccc(Cl)cc1. The van der Waals surface area contributed by atoms with Crippen molar-refractivity contribution in [3.63, 3.8) is 0 Å². The number of halogens is 2. The molecule has 0 amide bonds. The van der Waals surface area contributed by atoms with Crippen LogP contribution in [0, 0.1) is 0 Å². The lowest BCUT2D eigenvalue weighted by Crippen LogP contribution is -2.03. The fourth-order valence-electron chi connectivity index (χ4n) is 2.49. The summed E-state index contributed by atoms with van der Waals surface area (Å²) in [4.78, 5) is 12.3. The van der Waals surface area contributed by atoms with Crippen LogP contribution in [-0.2, 0) is 0 Å². The van der Waals surface area contributed by atoms with Gasteiger partial charge >= 0.3 is 0 Å². The van der Waals surface area contributed by atoms with E-state index in [1.54, 1.807) is 40.9 Å². The van der Waals surface area contributed by atoms with Crippen molar-refractivity contribution in [1.82, 2.24) is 19.8 Å². The second-order valence-electron chi connectivity index (χ2n) is 5.69. The van der Waals surface area contributed by atoms with E-state index in [0.29, 0.717) is 32.1 Å². The van der Waals surface area contributed by atoms with E-state index in [-0.39, 0.29) is 11.5 Å². The molecule has 4 aromatic rings. The Morgan fingerprint density at radius 2 is 1.56 bits per heavy atom. The zero-order valence-corrected chi connectivity index (χ0v) is 16.2. The molecule has 0 aliphatic carbocycles. The molecule has 0 aliphatic heterocycles. The van der Waals surface area contributed by atoms with Crippen molar-refractivity contribution in [2.24, 2.45) is 0 Å². The molecule has 0 aliphatic rings. The first-order valence-electron chi connectivity index (χ1n) is 8.00. The maximum atomic E-state index is 12.3. The van der Waals surface area contributed by atoms with Crippen molar-refractivity contribution >= 4 is 46.4 Å². The van der Waals surface area contributed by atoms with Gasteiger partial charge in [0.25, 0.3) is 0 Å². The molecule has 134 valence electrons. The minimum absolute atomic E-state index is 0.0141. The fourth-order valence-corrected chi connectivity index (χ4v) is 3.49. The number of aromatic nitrogens is 4. The summed E-state index contributed by atoms with van der Waals surface area (Å²) in [6.45, 7) is 0. The predicted octanol–water partition coefficient (Wildman–Crippen LogP) is 5.07. The first-order valence-corrected chi connectivity index (χ1v) is 9.74. The van der Waals surface area contributed by atoms with Crippen molar-refractivity contribution in [1.29, 1.82) is 0 Å². The molecule has 8 heteroatoms. The lowest BCUT2D eigenvalue weighted by atomic mass is 10.1. The number of ketones is 1. The smallest absolute Gasteiger partial charge is 0.185 e. The van der Waals surface area contributed by atoms with Crippen molar-refractivity contribution in [2.75, 3.05) is 5.75 Å². The van der Waals surface area contributed by atoms with Gasteiger partial charge in [-0.3, -0.25) is 4.79 Å². The standard InChI is InChI=1S/C19H12Cl2N4OS/c20-14-5-1-12(2-6-14)16(26)11-27-18-10-9-17-22-23-19(25(17)24-18)13-3-7-15(21)8-4-13/h1-10H,11H2. The van der Waals surface area contributed by atoms with Crippen LogP contribution in [0.4, 0.5) is 0 Å². The Morgan fingerprint density at radius 1 is 0.889 bits per heavy atom. The van der Waals surface area contributed by atoms with Gasteiger partial charge in [0.2, 0.25) is 0 Å². The lowest BCUT2D eigenvalue weighted by Gasteiger charge is -2.04. The number of fused-ring (bicyclic) bond motifs is 1. The molecule has 0 saturated carbocycles. The number of hydrogen-bond acceptors (Lipinski definition) is 5. The summed E-state index contributed by atoms with van der Waals surface area (Å²) in [6, 6.07) is 17.8. The normalized spacial score (nSPS) is 11.0. The summed E-state index contributed by atoms with van der Waals surface area (Å²) in [7, 11) is 0. The third kappa shape index (κ3) is 3.98. The topological polar surface area (TPSA) is 60.2 Å². The number of rotatable bonds is 5. The van der Waals surface area contributed by atoms with E-state index >= 15 is 0 Å². The minimum atomic E-state index is 0.0141. The van der Waals surface area contributed by atoms with Crippen molar-refractivity contribution in [3.05, 3.63) is 76.3 Å². The van der Waals surface area contributed by atoms with Gasteiger partial charge in [0.05, 0.1) is 5.75 Å². The Labute approximate surface area is 169 Å². The highest BCUT2D eigenvalue weighted by molar-refractivity contribution is 7.99. The van der Waals surface area contributed by atoms with Gasteiger partial charge in [-0.15, -0.1) is 10.2 Å². The molecule has 0 spiro atoms. The van der Waals surface area contributed by atoms with E-state index in [2.05, 4.69) is 15.3 Å². The summed E-state index contributed by atoms with van der Waals surface area (Å²) in [6.07, 6.45) is 0. The number of carbonyl (C=O) groups is 1. The molecule has 0 bridgehead atoms. The monoisotopic (exact) mass is 414 g/mol. The average molecular weight is 415 g/mol. The second-order valence-corrected chi connectivity index (χ2v) is 7.56. The zero-order chi connectivity index (χ0) is 18.8. The van der Waals surface area contributed by atoms with E-state index in [0.717, 1.165) is 5.56 Å². The van der Waals surface area contributed by atoms with Crippen LogP contribution in [0.15, 0.2) is 65.7 Å². The highest BCUT2D eigenvalue weighted by Crippen LogP contribution is 2.23. The summed E-state index contributed by atoms with van der Waals surface area (Å²) in [5.74, 6) is 0.909. The van der Waals surface area contributed by atoms with Crippen LogP contribution < -0.4 is 0 Å². The second kappa shape index (κ2) is 7.68. The van der Waals surface area contributed by atoms with Gasteiger partial charge in [0.1, 0.15) is 5.03 Å². The first-order chi connectivity index (χ1) is 13.1. The molecule has 0 unspecified atom stereocenters. The van der Waals surface area contributed by atoms with Crippen molar-refractivity contribution < 1.29 is 4.79 Å². The lowest BCUT2D eigenvalue weighted by molar-refractivity contribution is 0.102. The summed E-state index contributed by atoms with van der Waals surface area (Å²) < 4.78 is 1.67. The van der Waals surface area contributed by atoms with E-state index in [4.69, 9.17) is 23.2 Å². The molecule has 0 N–H and O–H groups in total. The first kappa shape index (κ1) is 18.0. The minimum Gasteiger partial charge on any atom is -0.293 e. The Kier molecular flexibility index (Phi) is 5.11. The van der Waals surface area contributed by atoms with E-state index in [1.807, 2.05) is 24.3 Å². The molecule has 0 saturated heterocycles. The van der Waals surface area contributed by atoms with E-state index < -0.39 is 0 Å². The van der Waals surface area contributed by atoms with Crippen LogP contribution in [0.1, 0.15) is 10.4 Å². The highest BCUT2D eigenvalue weighted by atomic mass is 35.5. The Hall–Kier alpha value is -2.41. The Balaban J connectivity index is 1.56. The molecular formula is C19H12Cl2N4OS. The van der Waals surface area contributed by atoms with Gasteiger partial charge < -0.3 is 0 Å². The number of carbonyl (C=O) groups excluding carboxylic acids is 1. The third-order valence-corrected chi connectivity index (χ3v) is 5.28. The quantitative estimate of drug-likeness (QED) is 0.336. The van der Waals surface area contributed by atoms with Gasteiger partial charge in [0.15, 0.2) is 17.3 Å². The van der Waals surface area contributed by atoms with Crippen LogP contribution in [0.5, 0.6) is 0 Å². The zero-order valence-electron chi connectivity index (χ0n) is 13.8. The maximum Gasteiger partial charge on any atom is 0.185 e. The summed E-state index contributed by atoms with van der Waals surface area (Å²) in [5, 5.41) is 14.9. The largest absolute Gasteiger partial charge is 0.293 e. The third-order valence-electron chi connectivity index (χ3n) is 3.86. The molecule has 0 atom stereocenters. The Bertz CT molecular complexity index is 1110. The molecular weight excluding hydrogens is 403 g/mol. The number of nitrogens with zero attached hydrogens (tertiary/aromatic N) is 4. The molecule has 2 heterocycles. The molecule has 2 aromatic heterocycles. The number of Topliss-reactive ketones (excluding diaryl/α,β-unsaturated/α-hetero) is 1. The molecule has 4 rings (SSSR count). The van der Waals surface area contributed by atoms with E-state index in [1.165, 1.54) is 11.8 Å². The molecule has 0 radical (unpaired) electrons. The van der Waals surface area contributed by atoms with Crippen molar-refractivity contribution in [2.45, 2.75) is 5.03 Å². The van der Waals surface area contributed by atoms with Crippen LogP contribution >= 0.6 is 35.0 Å². The van der Waals surface area contributed by atoms with Crippen LogP contribution in [0.25, 0.3) is 17.0 Å². The summed E-state index contributed by atoms with van der Waals surface area (Å²) in [5.41, 5.74) is 2.12. The van der Waals surface area contributed by atoms with Gasteiger partial charge in [-0.05, 0) is 60.7 Å². The van der Waals surface area contributed by atoms with Gasteiger partial charge in [-0.25, -0.2) is 0 Å². The van der Waals surface area contributed by atoms with Gasteiger partial charge in [-0.1, -0.05) is 35.0 Å². The van der Waals surface area contributed by atoms with Crippen LogP contribution in [0.2, 0.25) is 10.0 Å².